The van der Waals surface area contributed by atoms with Crippen molar-refractivity contribution in [2.75, 3.05) is 26.2 Å². The molecule has 0 amide bonds. The fourth-order valence-electron chi connectivity index (χ4n) is 2.18. The lowest BCUT2D eigenvalue weighted by atomic mass is 10.0. The monoisotopic (exact) mass is 280 g/mol. The molecule has 0 saturated carbocycles. The van der Waals surface area contributed by atoms with Crippen LogP contribution < -0.4 is 5.32 Å². The van der Waals surface area contributed by atoms with E-state index in [2.05, 4.69) is 5.32 Å². The highest BCUT2D eigenvalue weighted by atomic mass is 35.5. The maximum Gasteiger partial charge on any atom is 0.408 e. The number of benzene rings is 1. The van der Waals surface area contributed by atoms with Crippen molar-refractivity contribution in [3.05, 3.63) is 35.9 Å². The van der Waals surface area contributed by atoms with E-state index in [-0.39, 0.29) is 12.4 Å². The van der Waals surface area contributed by atoms with Crippen LogP contribution in [-0.4, -0.2) is 37.3 Å². The summed E-state index contributed by atoms with van der Waals surface area (Å²) in [5.41, 5.74) is 0.321. The molecule has 0 spiro atoms. The van der Waals surface area contributed by atoms with Gasteiger partial charge in [-0.25, -0.2) is 0 Å². The molecule has 1 heterocycles. The van der Waals surface area contributed by atoms with Gasteiger partial charge in [0.15, 0.2) is 0 Å². The van der Waals surface area contributed by atoms with Crippen molar-refractivity contribution in [2.45, 2.75) is 12.2 Å². The van der Waals surface area contributed by atoms with Crippen LogP contribution in [0.5, 0.6) is 0 Å². The molecule has 1 saturated heterocycles. The Morgan fingerprint density at radius 1 is 1.06 bits per heavy atom. The smallest absolute Gasteiger partial charge is 0.314 e. The minimum absolute atomic E-state index is 0. The van der Waals surface area contributed by atoms with E-state index in [9.17, 15) is 13.2 Å². The van der Waals surface area contributed by atoms with E-state index < -0.39 is 12.2 Å². The summed E-state index contributed by atoms with van der Waals surface area (Å²) in [5.74, 6) is 0. The molecule has 0 aromatic heterocycles. The maximum absolute atomic E-state index is 13.1. The molecule has 0 radical (unpaired) electrons. The number of piperazine rings is 1. The largest absolute Gasteiger partial charge is 0.408 e. The number of halogens is 4. The molecule has 2 nitrogen and oxygen atoms in total. The SMILES string of the molecule is Cl.FC(F)(F)C(c1ccccc1)N1CCNCC1. The topological polar surface area (TPSA) is 15.3 Å². The molecule has 1 unspecified atom stereocenters. The number of hydrogen-bond donors (Lipinski definition) is 1. The molecule has 1 aliphatic heterocycles. The van der Waals surface area contributed by atoms with Gasteiger partial charge in [-0.1, -0.05) is 30.3 Å². The average Bonchev–Trinajstić information content (AvgIpc) is 2.30. The lowest BCUT2D eigenvalue weighted by Crippen LogP contribution is -2.49. The maximum atomic E-state index is 13.1. The van der Waals surface area contributed by atoms with Gasteiger partial charge in [0.1, 0.15) is 6.04 Å². The Balaban J connectivity index is 0.00000162. The summed E-state index contributed by atoms with van der Waals surface area (Å²) in [5, 5.41) is 3.06. The van der Waals surface area contributed by atoms with E-state index in [0.717, 1.165) is 0 Å². The third-order valence-corrected chi connectivity index (χ3v) is 2.94. The van der Waals surface area contributed by atoms with E-state index in [1.807, 2.05) is 0 Å². The second kappa shape index (κ2) is 6.41. The zero-order valence-electron chi connectivity index (χ0n) is 9.78. The summed E-state index contributed by atoms with van der Waals surface area (Å²) in [7, 11) is 0. The van der Waals surface area contributed by atoms with Gasteiger partial charge in [0.2, 0.25) is 0 Å². The van der Waals surface area contributed by atoms with Gasteiger partial charge in [-0.15, -0.1) is 12.4 Å². The Morgan fingerprint density at radius 3 is 2.11 bits per heavy atom. The predicted molar refractivity (Wildman–Crippen MR) is 66.9 cm³/mol. The van der Waals surface area contributed by atoms with Gasteiger partial charge < -0.3 is 5.32 Å². The third kappa shape index (κ3) is 3.60. The molecule has 1 fully saturated rings. The highest BCUT2D eigenvalue weighted by Crippen LogP contribution is 2.37. The molecule has 1 aromatic rings. The molecular formula is C12H16ClF3N2. The number of alkyl halides is 3. The summed E-state index contributed by atoms with van der Waals surface area (Å²) >= 11 is 0. The van der Waals surface area contributed by atoms with Crippen LogP contribution in [0.3, 0.4) is 0 Å². The summed E-state index contributed by atoms with van der Waals surface area (Å²) in [6.45, 7) is 2.08. The van der Waals surface area contributed by atoms with E-state index >= 15 is 0 Å². The van der Waals surface area contributed by atoms with Gasteiger partial charge in [0.25, 0.3) is 0 Å². The third-order valence-electron chi connectivity index (χ3n) is 2.94. The summed E-state index contributed by atoms with van der Waals surface area (Å²) < 4.78 is 39.4. The van der Waals surface area contributed by atoms with E-state index in [4.69, 9.17) is 0 Å². The van der Waals surface area contributed by atoms with Crippen LogP contribution in [0.15, 0.2) is 30.3 Å². The van der Waals surface area contributed by atoms with Gasteiger partial charge in [-0.3, -0.25) is 4.90 Å². The molecule has 1 aromatic carbocycles. The first-order valence-electron chi connectivity index (χ1n) is 5.65. The molecule has 1 atom stereocenters. The highest BCUT2D eigenvalue weighted by molar-refractivity contribution is 5.85. The van der Waals surface area contributed by atoms with Crippen molar-refractivity contribution in [3.8, 4) is 0 Å². The molecule has 1 N–H and O–H groups in total. The average molecular weight is 281 g/mol. The number of nitrogens with zero attached hydrogens (tertiary/aromatic N) is 1. The number of nitrogens with one attached hydrogen (secondary N) is 1. The van der Waals surface area contributed by atoms with Crippen LogP contribution in [0.2, 0.25) is 0 Å². The zero-order chi connectivity index (χ0) is 12.3. The molecule has 0 aliphatic carbocycles. The van der Waals surface area contributed by atoms with Crippen molar-refractivity contribution in [1.29, 1.82) is 0 Å². The lowest BCUT2D eigenvalue weighted by Gasteiger charge is -2.36. The van der Waals surface area contributed by atoms with Crippen molar-refractivity contribution in [2.24, 2.45) is 0 Å². The molecule has 18 heavy (non-hydrogen) atoms. The fraction of sp³-hybridized carbons (Fsp3) is 0.500. The Labute approximate surface area is 111 Å². The Hall–Kier alpha value is -0.780. The van der Waals surface area contributed by atoms with Gasteiger partial charge in [-0.2, -0.15) is 13.2 Å². The molecular weight excluding hydrogens is 265 g/mol. The van der Waals surface area contributed by atoms with Crippen LogP contribution in [0.4, 0.5) is 13.2 Å². The van der Waals surface area contributed by atoms with Crippen LogP contribution in [0, 0.1) is 0 Å². The van der Waals surface area contributed by atoms with Crippen LogP contribution in [0.25, 0.3) is 0 Å². The standard InChI is InChI=1S/C12H15F3N2.ClH/c13-12(14,15)11(10-4-2-1-3-5-10)17-8-6-16-7-9-17;/h1-5,11,16H,6-9H2;1H. The molecule has 0 bridgehead atoms. The molecule has 102 valence electrons. The number of rotatable bonds is 2. The van der Waals surface area contributed by atoms with Crippen molar-refractivity contribution >= 4 is 12.4 Å². The quantitative estimate of drug-likeness (QED) is 0.896. The minimum atomic E-state index is -4.22. The second-order valence-electron chi connectivity index (χ2n) is 4.14. The van der Waals surface area contributed by atoms with E-state index in [1.54, 1.807) is 30.3 Å². The van der Waals surface area contributed by atoms with Crippen molar-refractivity contribution in [3.63, 3.8) is 0 Å². The Bertz CT molecular complexity index is 350. The highest BCUT2D eigenvalue weighted by Gasteiger charge is 2.44. The Morgan fingerprint density at radius 2 is 1.61 bits per heavy atom. The minimum Gasteiger partial charge on any atom is -0.314 e. The first-order chi connectivity index (χ1) is 8.09. The summed E-state index contributed by atoms with van der Waals surface area (Å²) in [6.07, 6.45) is -4.22. The van der Waals surface area contributed by atoms with Crippen LogP contribution in [-0.2, 0) is 0 Å². The lowest BCUT2D eigenvalue weighted by molar-refractivity contribution is -0.187. The predicted octanol–water partition coefficient (Wildman–Crippen LogP) is 2.62. The normalized spacial score (nSPS) is 19.1. The van der Waals surface area contributed by atoms with Gasteiger partial charge >= 0.3 is 6.18 Å². The van der Waals surface area contributed by atoms with E-state index in [1.165, 1.54) is 4.90 Å². The van der Waals surface area contributed by atoms with Gasteiger partial charge in [-0.05, 0) is 5.56 Å². The van der Waals surface area contributed by atoms with Crippen molar-refractivity contribution < 1.29 is 13.2 Å². The molecule has 2 rings (SSSR count). The second-order valence-corrected chi connectivity index (χ2v) is 4.14. The zero-order valence-corrected chi connectivity index (χ0v) is 10.6. The van der Waals surface area contributed by atoms with Gasteiger partial charge in [0, 0.05) is 26.2 Å². The summed E-state index contributed by atoms with van der Waals surface area (Å²) in [6, 6.07) is 6.63. The van der Waals surface area contributed by atoms with Crippen LogP contribution >= 0.6 is 12.4 Å². The first-order valence-corrected chi connectivity index (χ1v) is 5.65. The molecule has 6 heteroatoms. The molecule has 1 aliphatic rings. The van der Waals surface area contributed by atoms with Crippen molar-refractivity contribution in [1.82, 2.24) is 10.2 Å². The summed E-state index contributed by atoms with van der Waals surface area (Å²) in [4.78, 5) is 1.49. The van der Waals surface area contributed by atoms with E-state index in [0.29, 0.717) is 31.7 Å². The first kappa shape index (κ1) is 15.3. The Kier molecular flexibility index (Phi) is 5.44. The fourth-order valence-corrected chi connectivity index (χ4v) is 2.18. The van der Waals surface area contributed by atoms with Crippen LogP contribution in [0.1, 0.15) is 11.6 Å². The number of hydrogen-bond acceptors (Lipinski definition) is 2. The van der Waals surface area contributed by atoms with Gasteiger partial charge in [0.05, 0.1) is 0 Å².